The van der Waals surface area contributed by atoms with Crippen LogP contribution in [-0.4, -0.2) is 28.2 Å². The summed E-state index contributed by atoms with van der Waals surface area (Å²) in [6.45, 7) is 5.30. The normalized spacial score (nSPS) is 15.1. The van der Waals surface area contributed by atoms with Gasteiger partial charge in [-0.15, -0.1) is 0 Å². The second-order valence-electron chi connectivity index (χ2n) is 8.11. The second kappa shape index (κ2) is 9.00. The van der Waals surface area contributed by atoms with Crippen molar-refractivity contribution in [2.75, 3.05) is 11.9 Å². The molecule has 2 heterocycles. The summed E-state index contributed by atoms with van der Waals surface area (Å²) in [5.74, 6) is 0.264. The molecule has 1 unspecified atom stereocenters. The molecule has 4 rings (SSSR count). The average Bonchev–Trinajstić information content (AvgIpc) is 3.04. The third-order valence-corrected chi connectivity index (χ3v) is 5.25. The highest BCUT2D eigenvalue weighted by atomic mass is 16.2. The number of benzene rings is 2. The van der Waals surface area contributed by atoms with Crippen LogP contribution in [0.3, 0.4) is 0 Å². The summed E-state index contributed by atoms with van der Waals surface area (Å²) in [6.07, 6.45) is 3.21. The molecule has 0 radical (unpaired) electrons. The number of amides is 2. The smallest absolute Gasteiger partial charge is 0.256 e. The maximum absolute atomic E-state index is 12.9. The van der Waals surface area contributed by atoms with Gasteiger partial charge in [0.25, 0.3) is 11.8 Å². The molecular formula is C25H26N4O2. The van der Waals surface area contributed by atoms with Crippen molar-refractivity contribution in [3.63, 3.8) is 0 Å². The van der Waals surface area contributed by atoms with Crippen molar-refractivity contribution in [1.29, 1.82) is 0 Å². The summed E-state index contributed by atoms with van der Waals surface area (Å²) in [6, 6.07) is 18.8. The Labute approximate surface area is 182 Å². The van der Waals surface area contributed by atoms with Crippen molar-refractivity contribution in [3.8, 4) is 0 Å². The first-order chi connectivity index (χ1) is 15.0. The average molecular weight is 415 g/mol. The number of hydrogen-bond acceptors (Lipinski definition) is 4. The first-order valence-corrected chi connectivity index (χ1v) is 10.5. The van der Waals surface area contributed by atoms with Gasteiger partial charge in [-0.3, -0.25) is 14.6 Å². The van der Waals surface area contributed by atoms with Crippen LogP contribution < -0.4 is 10.6 Å². The standard InChI is InChI=1S/C25H26N4O2/c1-17(2)16-29-23(21-7-3-4-8-22(21)25(29)31)28-20-11-9-19(10-12-20)24(30)27-15-18-6-5-13-26-14-18/h3-14,17,23,28H,15-16H2,1-2H3,(H,27,30). The van der Waals surface area contributed by atoms with Gasteiger partial charge in [0.1, 0.15) is 6.17 Å². The van der Waals surface area contributed by atoms with E-state index in [1.165, 1.54) is 0 Å². The van der Waals surface area contributed by atoms with E-state index in [4.69, 9.17) is 0 Å². The van der Waals surface area contributed by atoms with E-state index in [-0.39, 0.29) is 18.0 Å². The predicted molar refractivity (Wildman–Crippen MR) is 121 cm³/mol. The second-order valence-corrected chi connectivity index (χ2v) is 8.11. The lowest BCUT2D eigenvalue weighted by Crippen LogP contribution is -2.35. The van der Waals surface area contributed by atoms with Crippen LogP contribution in [0, 0.1) is 5.92 Å². The molecule has 0 bridgehead atoms. The van der Waals surface area contributed by atoms with Crippen molar-refractivity contribution in [1.82, 2.24) is 15.2 Å². The zero-order chi connectivity index (χ0) is 21.8. The van der Waals surface area contributed by atoms with Gasteiger partial charge < -0.3 is 15.5 Å². The lowest BCUT2D eigenvalue weighted by atomic mass is 10.1. The van der Waals surface area contributed by atoms with Crippen LogP contribution >= 0.6 is 0 Å². The number of anilines is 1. The van der Waals surface area contributed by atoms with E-state index in [1.807, 2.05) is 53.4 Å². The monoisotopic (exact) mass is 414 g/mol. The fourth-order valence-corrected chi connectivity index (χ4v) is 3.77. The number of fused-ring (bicyclic) bond motifs is 1. The molecule has 0 saturated heterocycles. The summed E-state index contributed by atoms with van der Waals surface area (Å²) in [5, 5.41) is 6.38. The molecule has 1 atom stereocenters. The Hall–Kier alpha value is -3.67. The minimum atomic E-state index is -0.226. The van der Waals surface area contributed by atoms with Crippen molar-refractivity contribution in [2.24, 2.45) is 5.92 Å². The Kier molecular flexibility index (Phi) is 5.98. The number of aromatic nitrogens is 1. The molecule has 6 nitrogen and oxygen atoms in total. The lowest BCUT2D eigenvalue weighted by molar-refractivity contribution is 0.0720. The van der Waals surface area contributed by atoms with Gasteiger partial charge in [0, 0.05) is 47.9 Å². The van der Waals surface area contributed by atoms with Crippen LogP contribution in [0.2, 0.25) is 0 Å². The Balaban J connectivity index is 1.46. The molecule has 0 saturated carbocycles. The molecule has 1 aliphatic heterocycles. The molecule has 2 aromatic carbocycles. The van der Waals surface area contributed by atoms with Gasteiger partial charge in [-0.05, 0) is 47.9 Å². The fraction of sp³-hybridized carbons (Fsp3) is 0.240. The van der Waals surface area contributed by atoms with E-state index >= 15 is 0 Å². The summed E-state index contributed by atoms with van der Waals surface area (Å²) in [7, 11) is 0. The van der Waals surface area contributed by atoms with E-state index in [9.17, 15) is 9.59 Å². The zero-order valence-electron chi connectivity index (χ0n) is 17.7. The van der Waals surface area contributed by atoms with Crippen LogP contribution in [-0.2, 0) is 6.54 Å². The molecule has 3 aromatic rings. The zero-order valence-corrected chi connectivity index (χ0v) is 17.7. The molecule has 0 spiro atoms. The molecule has 0 aliphatic carbocycles. The number of pyridine rings is 1. The Bertz CT molecular complexity index is 1060. The highest BCUT2D eigenvalue weighted by molar-refractivity contribution is 5.99. The summed E-state index contributed by atoms with van der Waals surface area (Å²) in [4.78, 5) is 31.3. The molecule has 0 fully saturated rings. The Morgan fingerprint density at radius 3 is 2.55 bits per heavy atom. The molecule has 2 amide bonds. The van der Waals surface area contributed by atoms with Crippen LogP contribution in [0.15, 0.2) is 73.1 Å². The Morgan fingerprint density at radius 2 is 1.84 bits per heavy atom. The number of hydrogen-bond donors (Lipinski definition) is 2. The summed E-state index contributed by atoms with van der Waals surface area (Å²) >= 11 is 0. The van der Waals surface area contributed by atoms with E-state index in [2.05, 4.69) is 29.5 Å². The predicted octanol–water partition coefficient (Wildman–Crippen LogP) is 4.23. The maximum Gasteiger partial charge on any atom is 0.256 e. The number of carbonyl (C=O) groups excluding carboxylic acids is 2. The van der Waals surface area contributed by atoms with Crippen LogP contribution in [0.5, 0.6) is 0 Å². The first kappa shape index (κ1) is 20.6. The quantitative estimate of drug-likeness (QED) is 0.607. The van der Waals surface area contributed by atoms with Gasteiger partial charge in [0.15, 0.2) is 0 Å². The summed E-state index contributed by atoms with van der Waals surface area (Å²) < 4.78 is 0. The molecule has 1 aliphatic rings. The largest absolute Gasteiger partial charge is 0.361 e. The van der Waals surface area contributed by atoms with E-state index in [1.54, 1.807) is 24.5 Å². The number of carbonyl (C=O) groups is 2. The van der Waals surface area contributed by atoms with Gasteiger partial charge in [-0.25, -0.2) is 0 Å². The van der Waals surface area contributed by atoms with Crippen molar-refractivity contribution in [2.45, 2.75) is 26.6 Å². The molecule has 1 aromatic heterocycles. The van der Waals surface area contributed by atoms with Crippen LogP contribution in [0.1, 0.15) is 51.9 Å². The minimum absolute atomic E-state index is 0.0493. The van der Waals surface area contributed by atoms with Gasteiger partial charge in [-0.1, -0.05) is 38.1 Å². The number of nitrogens with one attached hydrogen (secondary N) is 2. The molecule has 158 valence electrons. The van der Waals surface area contributed by atoms with Crippen LogP contribution in [0.4, 0.5) is 5.69 Å². The third-order valence-electron chi connectivity index (χ3n) is 5.25. The van der Waals surface area contributed by atoms with Gasteiger partial charge >= 0.3 is 0 Å². The van der Waals surface area contributed by atoms with E-state index in [0.29, 0.717) is 24.6 Å². The maximum atomic E-state index is 12.9. The SMILES string of the molecule is CC(C)CN1C(=O)c2ccccc2C1Nc1ccc(C(=O)NCc2cccnc2)cc1. The fourth-order valence-electron chi connectivity index (χ4n) is 3.77. The molecular weight excluding hydrogens is 388 g/mol. The van der Waals surface area contributed by atoms with E-state index in [0.717, 1.165) is 22.4 Å². The highest BCUT2D eigenvalue weighted by Crippen LogP contribution is 2.34. The highest BCUT2D eigenvalue weighted by Gasteiger charge is 2.36. The van der Waals surface area contributed by atoms with Gasteiger partial charge in [0.2, 0.25) is 0 Å². The number of nitrogens with zero attached hydrogens (tertiary/aromatic N) is 2. The molecule has 6 heteroatoms. The number of rotatable bonds is 7. The third kappa shape index (κ3) is 4.58. The minimum Gasteiger partial charge on any atom is -0.361 e. The van der Waals surface area contributed by atoms with Gasteiger partial charge in [0.05, 0.1) is 0 Å². The summed E-state index contributed by atoms with van der Waals surface area (Å²) in [5.41, 5.74) is 4.10. The van der Waals surface area contributed by atoms with Crippen molar-refractivity contribution < 1.29 is 9.59 Å². The van der Waals surface area contributed by atoms with Crippen molar-refractivity contribution >= 4 is 17.5 Å². The Morgan fingerprint density at radius 1 is 1.06 bits per heavy atom. The first-order valence-electron chi connectivity index (χ1n) is 10.5. The van der Waals surface area contributed by atoms with Crippen LogP contribution in [0.25, 0.3) is 0 Å². The van der Waals surface area contributed by atoms with Gasteiger partial charge in [-0.2, -0.15) is 0 Å². The molecule has 31 heavy (non-hydrogen) atoms. The molecule has 2 N–H and O–H groups in total. The topological polar surface area (TPSA) is 74.3 Å². The lowest BCUT2D eigenvalue weighted by Gasteiger charge is -2.28. The van der Waals surface area contributed by atoms with E-state index < -0.39 is 0 Å². The van der Waals surface area contributed by atoms with Crippen molar-refractivity contribution in [3.05, 3.63) is 95.3 Å².